The van der Waals surface area contributed by atoms with Crippen molar-refractivity contribution in [2.45, 2.75) is 29.6 Å². The number of benzene rings is 4. The summed E-state index contributed by atoms with van der Waals surface area (Å²) >= 11 is 14.9. The van der Waals surface area contributed by atoms with Gasteiger partial charge in [-0.2, -0.15) is 0 Å². The number of hydrogen-bond donors (Lipinski definition) is 1. The number of aryl methyl sites for hydroxylation is 1. The third-order valence-corrected chi connectivity index (χ3v) is 10.0. The number of nitrogens with zero attached hydrogens (tertiary/aromatic N) is 1. The maximum Gasteiger partial charge on any atom is 0.247 e. The van der Waals surface area contributed by atoms with E-state index >= 15 is 0 Å². The van der Waals surface area contributed by atoms with Crippen LogP contribution in [0.5, 0.6) is 11.5 Å². The van der Waals surface area contributed by atoms with Crippen LogP contribution in [0.3, 0.4) is 0 Å². The van der Waals surface area contributed by atoms with Crippen molar-refractivity contribution in [3.63, 3.8) is 0 Å². The van der Waals surface area contributed by atoms with Crippen molar-refractivity contribution >= 4 is 46.6 Å². The zero-order valence-corrected chi connectivity index (χ0v) is 24.3. The number of anilines is 1. The minimum atomic E-state index is -1.29. The van der Waals surface area contributed by atoms with Crippen LogP contribution in [-0.2, 0) is 24.1 Å². The first-order chi connectivity index (χ1) is 20.2. The first kappa shape index (κ1) is 26.7. The molecule has 0 unspecified atom stereocenters. The van der Waals surface area contributed by atoms with Gasteiger partial charge in [-0.15, -0.1) is 23.2 Å². The van der Waals surface area contributed by atoms with E-state index in [-0.39, 0.29) is 0 Å². The third kappa shape index (κ3) is 3.61. The molecular formula is C34H26Cl2N2O4. The molecule has 2 bridgehead atoms. The molecule has 8 heteroatoms. The van der Waals surface area contributed by atoms with Gasteiger partial charge in [0.05, 0.1) is 11.8 Å². The molecule has 6 nitrogen and oxygen atoms in total. The molecule has 3 aliphatic carbocycles. The highest BCUT2D eigenvalue weighted by Gasteiger charge is 2.73. The predicted molar refractivity (Wildman–Crippen MR) is 161 cm³/mol. The molecule has 0 spiro atoms. The number of likely N-dealkylation sites (tertiary alicyclic amines) is 1. The second-order valence-electron chi connectivity index (χ2n) is 11.1. The summed E-state index contributed by atoms with van der Waals surface area (Å²) in [5, 5.41) is 2.82. The average molecular weight is 597 g/mol. The molecule has 3 atom stereocenters. The monoisotopic (exact) mass is 596 g/mol. The van der Waals surface area contributed by atoms with E-state index < -0.39 is 45.3 Å². The lowest BCUT2D eigenvalue weighted by atomic mass is 9.54. The minimum Gasteiger partial charge on any atom is -0.457 e. The minimum absolute atomic E-state index is 0.501. The summed E-state index contributed by atoms with van der Waals surface area (Å²) in [6.07, 6.45) is 0. The highest BCUT2D eigenvalue weighted by molar-refractivity contribution is 6.36. The predicted octanol–water partition coefficient (Wildman–Crippen LogP) is 6.71. The molecule has 3 amide bonds. The van der Waals surface area contributed by atoms with Crippen LogP contribution in [0.15, 0.2) is 97.1 Å². The van der Waals surface area contributed by atoms with Crippen LogP contribution in [0.1, 0.15) is 34.7 Å². The summed E-state index contributed by atoms with van der Waals surface area (Å²) in [6.45, 7) is 3.55. The Morgan fingerprint density at radius 3 is 1.57 bits per heavy atom. The maximum atomic E-state index is 14.1. The first-order valence-corrected chi connectivity index (χ1v) is 14.5. The molecular weight excluding hydrogens is 571 g/mol. The lowest BCUT2D eigenvalue weighted by Gasteiger charge is -2.54. The van der Waals surface area contributed by atoms with Gasteiger partial charge in [0.25, 0.3) is 0 Å². The maximum absolute atomic E-state index is 14.1. The summed E-state index contributed by atoms with van der Waals surface area (Å²) in [5.41, 5.74) is 4.50. The van der Waals surface area contributed by atoms with E-state index in [4.69, 9.17) is 27.9 Å². The van der Waals surface area contributed by atoms with Crippen LogP contribution in [0.2, 0.25) is 0 Å². The van der Waals surface area contributed by atoms with Gasteiger partial charge in [0.2, 0.25) is 17.7 Å². The smallest absolute Gasteiger partial charge is 0.247 e. The first-order valence-electron chi connectivity index (χ1n) is 13.8. The Labute approximate surface area is 253 Å². The Morgan fingerprint density at radius 1 is 0.738 bits per heavy atom. The SMILES string of the molecule is Cc1ccc(Oc2ccc(NC(=O)[C@H](C)N3C(=O)[C@@H]4[C@@H](C3=O)C3(Cl)c5ccccc5C4(Cl)c4ccccc43)cc2)cc1. The number of nitrogens with one attached hydrogen (secondary N) is 1. The Kier molecular flexibility index (Phi) is 6.02. The summed E-state index contributed by atoms with van der Waals surface area (Å²) in [4.78, 5) is 40.1. The fourth-order valence-electron chi connectivity index (χ4n) is 6.78. The number of rotatable bonds is 5. The molecule has 4 aromatic rings. The fourth-order valence-corrected chi connectivity index (χ4v) is 7.88. The number of carbonyl (C=O) groups excluding carboxylic acids is 3. The van der Waals surface area contributed by atoms with Crippen molar-refractivity contribution < 1.29 is 19.1 Å². The molecule has 0 aromatic heterocycles. The van der Waals surface area contributed by atoms with E-state index in [0.29, 0.717) is 17.2 Å². The summed E-state index contributed by atoms with van der Waals surface area (Å²) in [5.74, 6) is -2.11. The number of halogens is 2. The van der Waals surface area contributed by atoms with Crippen molar-refractivity contribution in [2.24, 2.45) is 11.8 Å². The van der Waals surface area contributed by atoms with Gasteiger partial charge in [-0.25, -0.2) is 0 Å². The summed E-state index contributed by atoms with van der Waals surface area (Å²) < 4.78 is 5.87. The number of carbonyl (C=O) groups is 3. The highest BCUT2D eigenvalue weighted by Crippen LogP contribution is 2.69. The number of alkyl halides is 2. The average Bonchev–Trinajstić information content (AvgIpc) is 3.28. The van der Waals surface area contributed by atoms with E-state index in [1.165, 1.54) is 0 Å². The van der Waals surface area contributed by atoms with E-state index in [2.05, 4.69) is 5.32 Å². The molecule has 1 N–H and O–H groups in total. The molecule has 0 radical (unpaired) electrons. The van der Waals surface area contributed by atoms with Crippen molar-refractivity contribution in [3.05, 3.63) is 125 Å². The third-order valence-electron chi connectivity index (χ3n) is 8.76. The number of imide groups is 1. The van der Waals surface area contributed by atoms with Crippen LogP contribution >= 0.6 is 23.2 Å². The molecule has 42 heavy (non-hydrogen) atoms. The molecule has 1 heterocycles. The van der Waals surface area contributed by atoms with Gasteiger partial charge < -0.3 is 10.1 Å². The van der Waals surface area contributed by atoms with Gasteiger partial charge >= 0.3 is 0 Å². The van der Waals surface area contributed by atoms with Gasteiger partial charge in [-0.05, 0) is 72.5 Å². The quantitative estimate of drug-likeness (QED) is 0.205. The number of ether oxygens (including phenoxy) is 1. The normalized spacial score (nSPS) is 25.9. The number of amides is 3. The molecule has 8 rings (SSSR count). The Morgan fingerprint density at radius 2 is 1.14 bits per heavy atom. The van der Waals surface area contributed by atoms with E-state index in [0.717, 1.165) is 32.7 Å². The van der Waals surface area contributed by atoms with Crippen LogP contribution in [0, 0.1) is 18.8 Å². The van der Waals surface area contributed by atoms with E-state index in [1.54, 1.807) is 31.2 Å². The van der Waals surface area contributed by atoms with Crippen molar-refractivity contribution in [1.82, 2.24) is 4.90 Å². The Balaban J connectivity index is 1.16. The van der Waals surface area contributed by atoms with Crippen molar-refractivity contribution in [1.29, 1.82) is 0 Å². The largest absolute Gasteiger partial charge is 0.457 e. The standard InChI is InChI=1S/C34H26Cl2N2O4/c1-19-11-15-22(16-12-19)42-23-17-13-21(14-18-23)37-30(39)20(2)38-31(40)28-29(32(38)41)34(36)25-8-4-3-7-24(25)33(28,35)26-9-5-6-10-27(26)34/h3-18,20,28-29H,1-2H3,(H,37,39)/t20-,28-,29-,33?,34?/m0/s1. The molecule has 0 saturated carbocycles. The van der Waals surface area contributed by atoms with E-state index in [1.807, 2.05) is 79.7 Å². The van der Waals surface area contributed by atoms with Gasteiger partial charge in [-0.3, -0.25) is 19.3 Å². The second kappa shape index (κ2) is 9.45. The van der Waals surface area contributed by atoms with Crippen molar-refractivity contribution in [3.8, 4) is 11.5 Å². The second-order valence-corrected chi connectivity index (χ2v) is 12.3. The topological polar surface area (TPSA) is 75.7 Å². The molecule has 1 fully saturated rings. The van der Waals surface area contributed by atoms with Crippen LogP contribution < -0.4 is 10.1 Å². The summed E-state index contributed by atoms with van der Waals surface area (Å²) in [6, 6.07) is 28.4. The molecule has 1 aliphatic heterocycles. The zero-order chi connectivity index (χ0) is 29.4. The van der Waals surface area contributed by atoms with Crippen LogP contribution in [0.25, 0.3) is 0 Å². The lowest BCUT2D eigenvalue weighted by Crippen LogP contribution is -2.57. The van der Waals surface area contributed by atoms with Crippen LogP contribution in [0.4, 0.5) is 5.69 Å². The number of hydrogen-bond acceptors (Lipinski definition) is 4. The van der Waals surface area contributed by atoms with Gasteiger partial charge in [-0.1, -0.05) is 66.2 Å². The fraction of sp³-hybridized carbons (Fsp3) is 0.206. The molecule has 210 valence electrons. The van der Waals surface area contributed by atoms with Gasteiger partial charge in [0.1, 0.15) is 27.3 Å². The van der Waals surface area contributed by atoms with Gasteiger partial charge in [0.15, 0.2) is 0 Å². The highest BCUT2D eigenvalue weighted by atomic mass is 35.5. The van der Waals surface area contributed by atoms with Crippen molar-refractivity contribution in [2.75, 3.05) is 5.32 Å². The summed E-state index contributed by atoms with van der Waals surface area (Å²) in [7, 11) is 0. The van der Waals surface area contributed by atoms with Gasteiger partial charge in [0, 0.05) is 5.69 Å². The Hall–Kier alpha value is -4.13. The van der Waals surface area contributed by atoms with Crippen LogP contribution in [-0.4, -0.2) is 28.7 Å². The molecule has 4 aliphatic rings. The van der Waals surface area contributed by atoms with E-state index in [9.17, 15) is 14.4 Å². The Bertz CT molecular complexity index is 1650. The zero-order valence-electron chi connectivity index (χ0n) is 22.8. The molecule has 4 aromatic carbocycles. The molecule has 1 saturated heterocycles. The lowest BCUT2D eigenvalue weighted by molar-refractivity contribution is -0.146.